The molecule has 1 unspecified atom stereocenters. The molecule has 26 heavy (non-hydrogen) atoms. The lowest BCUT2D eigenvalue weighted by atomic mass is 9.86. The number of nitrogens with one attached hydrogen (secondary N) is 1. The standard InChI is InChI=1S/C19H34FN3O3/c1-12(8-9-15(21-7)18(2,3)4)22-16(24)14-10-13(20)17(25)23(14)11-19(5,6)26/h12-14,26H,8-11H2,1-7H3,(H,22,24)/t12?,13-,14-/m1/s1. The molecule has 1 saturated heterocycles. The van der Waals surface area contributed by atoms with Crippen molar-refractivity contribution in [3.05, 3.63) is 0 Å². The van der Waals surface area contributed by atoms with Gasteiger partial charge in [-0.05, 0) is 39.0 Å². The summed E-state index contributed by atoms with van der Waals surface area (Å²) in [5.74, 6) is -1.10. The first-order valence-corrected chi connectivity index (χ1v) is 9.19. The van der Waals surface area contributed by atoms with E-state index in [1.54, 1.807) is 7.05 Å². The van der Waals surface area contributed by atoms with Gasteiger partial charge in [0.25, 0.3) is 5.91 Å². The summed E-state index contributed by atoms with van der Waals surface area (Å²) in [6.45, 7) is 11.2. The highest BCUT2D eigenvalue weighted by atomic mass is 19.1. The van der Waals surface area contributed by atoms with Gasteiger partial charge in [0.1, 0.15) is 6.04 Å². The number of β-amino-alcohol motifs (C(OH)–C–C–N with tert-alkyl or cyclic N) is 1. The molecule has 0 saturated carbocycles. The minimum Gasteiger partial charge on any atom is -0.389 e. The Bertz CT molecular complexity index is 549. The Morgan fingerprint density at radius 3 is 2.42 bits per heavy atom. The van der Waals surface area contributed by atoms with Crippen molar-refractivity contribution in [2.75, 3.05) is 13.6 Å². The van der Waals surface area contributed by atoms with E-state index in [1.165, 1.54) is 13.8 Å². The molecule has 150 valence electrons. The number of nitrogens with zero attached hydrogens (tertiary/aromatic N) is 2. The van der Waals surface area contributed by atoms with Gasteiger partial charge in [-0.2, -0.15) is 0 Å². The van der Waals surface area contributed by atoms with Gasteiger partial charge < -0.3 is 15.3 Å². The molecule has 0 radical (unpaired) electrons. The third kappa shape index (κ3) is 6.34. The van der Waals surface area contributed by atoms with Gasteiger partial charge in [-0.25, -0.2) is 4.39 Å². The molecule has 1 aliphatic rings. The van der Waals surface area contributed by atoms with Crippen molar-refractivity contribution in [3.8, 4) is 0 Å². The lowest BCUT2D eigenvalue weighted by molar-refractivity contribution is -0.140. The second-order valence-electron chi connectivity index (χ2n) is 8.87. The van der Waals surface area contributed by atoms with Crippen LogP contribution in [0.3, 0.4) is 0 Å². The topological polar surface area (TPSA) is 82.0 Å². The predicted octanol–water partition coefficient (Wildman–Crippen LogP) is 2.10. The molecule has 2 N–H and O–H groups in total. The minimum atomic E-state index is -1.69. The minimum absolute atomic E-state index is 0.0265. The second-order valence-corrected chi connectivity index (χ2v) is 8.87. The first kappa shape index (κ1) is 22.5. The van der Waals surface area contributed by atoms with Crippen molar-refractivity contribution in [1.29, 1.82) is 0 Å². The van der Waals surface area contributed by atoms with Gasteiger partial charge in [0, 0.05) is 31.8 Å². The largest absolute Gasteiger partial charge is 0.389 e. The van der Waals surface area contributed by atoms with E-state index in [0.29, 0.717) is 6.42 Å². The average Bonchev–Trinajstić information content (AvgIpc) is 2.73. The maximum absolute atomic E-state index is 13.9. The van der Waals surface area contributed by atoms with Crippen LogP contribution >= 0.6 is 0 Å². The highest BCUT2D eigenvalue weighted by molar-refractivity contribution is 5.93. The van der Waals surface area contributed by atoms with E-state index in [2.05, 4.69) is 31.1 Å². The zero-order valence-electron chi connectivity index (χ0n) is 17.1. The maximum Gasteiger partial charge on any atom is 0.257 e. The lowest BCUT2D eigenvalue weighted by Gasteiger charge is -2.30. The van der Waals surface area contributed by atoms with E-state index in [4.69, 9.17) is 0 Å². The number of alkyl halides is 1. The molecule has 6 nitrogen and oxygen atoms in total. The fraction of sp³-hybridized carbons (Fsp3) is 0.842. The van der Waals surface area contributed by atoms with Gasteiger partial charge in [-0.15, -0.1) is 0 Å². The smallest absolute Gasteiger partial charge is 0.257 e. The molecule has 2 amide bonds. The fourth-order valence-corrected chi connectivity index (χ4v) is 3.20. The molecule has 3 atom stereocenters. The number of halogens is 1. The number of aliphatic imine (C=N–C) groups is 1. The molecule has 1 aliphatic heterocycles. The van der Waals surface area contributed by atoms with E-state index in [0.717, 1.165) is 17.0 Å². The molecule has 1 fully saturated rings. The molecule has 1 heterocycles. The van der Waals surface area contributed by atoms with Crippen molar-refractivity contribution in [2.45, 2.75) is 84.7 Å². The van der Waals surface area contributed by atoms with Crippen LogP contribution in [0, 0.1) is 5.41 Å². The van der Waals surface area contributed by atoms with E-state index < -0.39 is 23.7 Å². The number of carbonyl (C=O) groups is 2. The Morgan fingerprint density at radius 1 is 1.38 bits per heavy atom. The molecule has 0 aromatic heterocycles. The lowest BCUT2D eigenvalue weighted by Crippen LogP contribution is -2.51. The summed E-state index contributed by atoms with van der Waals surface area (Å²) in [7, 11) is 1.77. The van der Waals surface area contributed by atoms with Gasteiger partial charge in [-0.3, -0.25) is 14.6 Å². The van der Waals surface area contributed by atoms with E-state index in [1.807, 2.05) is 6.92 Å². The summed E-state index contributed by atoms with van der Waals surface area (Å²) in [6, 6.07) is -1.01. The van der Waals surface area contributed by atoms with Crippen molar-refractivity contribution < 1.29 is 19.1 Å². The first-order chi connectivity index (χ1) is 11.8. The van der Waals surface area contributed by atoms with Gasteiger partial charge >= 0.3 is 0 Å². The zero-order valence-corrected chi connectivity index (χ0v) is 17.1. The van der Waals surface area contributed by atoms with Crippen LogP contribution in [0.2, 0.25) is 0 Å². The Morgan fingerprint density at radius 2 is 1.96 bits per heavy atom. The van der Waals surface area contributed by atoms with Crippen LogP contribution in [0.1, 0.15) is 60.8 Å². The summed E-state index contributed by atoms with van der Waals surface area (Å²) in [6.07, 6.45) is -0.398. The number of aliphatic hydroxyl groups is 1. The van der Waals surface area contributed by atoms with Crippen LogP contribution in [-0.4, -0.2) is 65.0 Å². The quantitative estimate of drug-likeness (QED) is 0.673. The van der Waals surface area contributed by atoms with Crippen LogP contribution in [0.4, 0.5) is 4.39 Å². The Balaban J connectivity index is 2.69. The summed E-state index contributed by atoms with van der Waals surface area (Å²) >= 11 is 0. The normalized spacial score (nSPS) is 23.3. The van der Waals surface area contributed by atoms with E-state index in [9.17, 15) is 19.1 Å². The number of amides is 2. The molecule has 0 bridgehead atoms. The van der Waals surface area contributed by atoms with Gasteiger partial charge in [0.15, 0.2) is 6.17 Å². The number of likely N-dealkylation sites (tertiary alicyclic amines) is 1. The number of hydrogen-bond acceptors (Lipinski definition) is 4. The van der Waals surface area contributed by atoms with E-state index >= 15 is 0 Å². The Hall–Kier alpha value is -1.50. The summed E-state index contributed by atoms with van der Waals surface area (Å²) in [4.78, 5) is 30.1. The van der Waals surface area contributed by atoms with Gasteiger partial charge in [0.05, 0.1) is 5.60 Å². The van der Waals surface area contributed by atoms with Crippen molar-refractivity contribution in [1.82, 2.24) is 10.2 Å². The fourth-order valence-electron chi connectivity index (χ4n) is 3.20. The summed E-state index contributed by atoms with van der Waals surface area (Å²) in [5.41, 5.74) is -0.146. The number of hydrogen-bond donors (Lipinski definition) is 2. The van der Waals surface area contributed by atoms with Crippen molar-refractivity contribution >= 4 is 17.5 Å². The molecule has 0 aromatic carbocycles. The summed E-state index contributed by atoms with van der Waals surface area (Å²) < 4.78 is 13.9. The van der Waals surface area contributed by atoms with Crippen molar-refractivity contribution in [2.24, 2.45) is 10.4 Å². The SMILES string of the molecule is CN=C(CCC(C)NC(=O)[C@H]1C[C@@H](F)C(=O)N1CC(C)(C)O)C(C)(C)C. The van der Waals surface area contributed by atoms with Crippen LogP contribution in [0.25, 0.3) is 0 Å². The molecule has 7 heteroatoms. The highest BCUT2D eigenvalue weighted by Crippen LogP contribution is 2.25. The third-order valence-corrected chi connectivity index (χ3v) is 4.56. The zero-order chi connectivity index (χ0) is 20.3. The van der Waals surface area contributed by atoms with Crippen molar-refractivity contribution in [3.63, 3.8) is 0 Å². The Labute approximate surface area is 156 Å². The number of carbonyl (C=O) groups excluding carboxylic acids is 2. The second kappa shape index (κ2) is 8.46. The van der Waals surface area contributed by atoms with Gasteiger partial charge in [0.2, 0.25) is 5.91 Å². The molecular formula is C19H34FN3O3. The molecule has 0 aromatic rings. The molecule has 0 aliphatic carbocycles. The maximum atomic E-state index is 13.9. The van der Waals surface area contributed by atoms with Crippen LogP contribution < -0.4 is 5.32 Å². The van der Waals surface area contributed by atoms with Crippen LogP contribution in [0.15, 0.2) is 4.99 Å². The third-order valence-electron chi connectivity index (χ3n) is 4.56. The Kier molecular flexibility index (Phi) is 7.33. The highest BCUT2D eigenvalue weighted by Gasteiger charge is 2.45. The first-order valence-electron chi connectivity index (χ1n) is 9.19. The van der Waals surface area contributed by atoms with Crippen LogP contribution in [0.5, 0.6) is 0 Å². The van der Waals surface area contributed by atoms with Crippen LogP contribution in [-0.2, 0) is 9.59 Å². The molecular weight excluding hydrogens is 337 g/mol. The van der Waals surface area contributed by atoms with E-state index in [-0.39, 0.29) is 30.3 Å². The predicted molar refractivity (Wildman–Crippen MR) is 101 cm³/mol. The molecule has 0 spiro atoms. The van der Waals surface area contributed by atoms with Gasteiger partial charge in [-0.1, -0.05) is 20.8 Å². The monoisotopic (exact) mass is 371 g/mol. The molecule has 1 rings (SSSR count). The summed E-state index contributed by atoms with van der Waals surface area (Å²) in [5, 5.41) is 12.8. The number of rotatable bonds is 7. The average molecular weight is 371 g/mol.